The first-order chi connectivity index (χ1) is 6.16. The summed E-state index contributed by atoms with van der Waals surface area (Å²) in [5.74, 6) is 0.320. The van der Waals surface area contributed by atoms with Crippen molar-refractivity contribution in [3.63, 3.8) is 0 Å². The van der Waals surface area contributed by atoms with Gasteiger partial charge in [0, 0.05) is 6.04 Å². The molecule has 0 aliphatic heterocycles. The number of rotatable bonds is 1. The molecule has 1 aromatic carbocycles. The number of aromatic hydroxyl groups is 1. The molecular formula is C11H13NO. The van der Waals surface area contributed by atoms with Crippen LogP contribution in [0.4, 0.5) is 0 Å². The highest BCUT2D eigenvalue weighted by atomic mass is 16.3. The lowest BCUT2D eigenvalue weighted by atomic mass is 10.1. The van der Waals surface area contributed by atoms with Gasteiger partial charge in [-0.15, -0.1) is 0 Å². The summed E-state index contributed by atoms with van der Waals surface area (Å²) in [7, 11) is 0. The molecule has 0 saturated carbocycles. The van der Waals surface area contributed by atoms with Gasteiger partial charge >= 0.3 is 0 Å². The van der Waals surface area contributed by atoms with Gasteiger partial charge in [0.05, 0.1) is 0 Å². The van der Waals surface area contributed by atoms with E-state index < -0.39 is 0 Å². The quantitative estimate of drug-likeness (QED) is 0.682. The second-order valence-electron chi connectivity index (χ2n) is 3.57. The molecule has 1 unspecified atom stereocenters. The summed E-state index contributed by atoms with van der Waals surface area (Å²) in [4.78, 5) is 0. The van der Waals surface area contributed by atoms with Crippen molar-refractivity contribution >= 4 is 6.08 Å². The minimum atomic E-state index is 0.106. The van der Waals surface area contributed by atoms with Crippen molar-refractivity contribution in [2.24, 2.45) is 5.73 Å². The summed E-state index contributed by atoms with van der Waals surface area (Å²) >= 11 is 0. The highest BCUT2D eigenvalue weighted by Gasteiger charge is 2.14. The topological polar surface area (TPSA) is 46.2 Å². The predicted octanol–water partition coefficient (Wildman–Crippen LogP) is 1.68. The fraction of sp³-hybridized carbons (Fsp3) is 0.273. The highest BCUT2D eigenvalue weighted by molar-refractivity contribution is 5.66. The molecule has 3 N–H and O–H groups in total. The molecule has 0 saturated heterocycles. The Morgan fingerprint density at radius 2 is 2.23 bits per heavy atom. The molecule has 2 rings (SSSR count). The van der Waals surface area contributed by atoms with Gasteiger partial charge in [-0.3, -0.25) is 0 Å². The maximum absolute atomic E-state index is 9.26. The zero-order valence-electron chi connectivity index (χ0n) is 7.62. The van der Waals surface area contributed by atoms with E-state index in [-0.39, 0.29) is 6.04 Å². The number of nitrogens with two attached hydrogens (primary N) is 1. The summed E-state index contributed by atoms with van der Waals surface area (Å²) < 4.78 is 0. The van der Waals surface area contributed by atoms with Crippen LogP contribution in [-0.4, -0.2) is 11.1 Å². The lowest BCUT2D eigenvalue weighted by Gasteiger charge is -2.04. The summed E-state index contributed by atoms with van der Waals surface area (Å²) in [6.07, 6.45) is 2.99. The summed E-state index contributed by atoms with van der Waals surface area (Å²) in [5.41, 5.74) is 9.38. The molecule has 0 radical (unpaired) electrons. The lowest BCUT2D eigenvalue weighted by molar-refractivity contribution is 0.475. The summed E-state index contributed by atoms with van der Waals surface area (Å²) in [6.45, 7) is 1.98. The van der Waals surface area contributed by atoms with Crippen LogP contribution in [0.25, 0.3) is 6.08 Å². The maximum Gasteiger partial charge on any atom is 0.116 e. The van der Waals surface area contributed by atoms with E-state index in [1.165, 1.54) is 11.1 Å². The zero-order valence-corrected chi connectivity index (χ0v) is 7.62. The fourth-order valence-corrected chi connectivity index (χ4v) is 1.64. The Bertz CT molecular complexity index is 366. The Kier molecular flexibility index (Phi) is 1.85. The number of hydrogen-bond donors (Lipinski definition) is 2. The Labute approximate surface area is 77.7 Å². The van der Waals surface area contributed by atoms with Crippen LogP contribution in [0.5, 0.6) is 5.75 Å². The minimum absolute atomic E-state index is 0.106. The van der Waals surface area contributed by atoms with Crippen molar-refractivity contribution in [1.29, 1.82) is 0 Å². The molecule has 2 heteroatoms. The van der Waals surface area contributed by atoms with E-state index in [2.05, 4.69) is 6.08 Å². The Morgan fingerprint density at radius 3 is 2.92 bits per heavy atom. The molecule has 1 aliphatic carbocycles. The van der Waals surface area contributed by atoms with Crippen LogP contribution in [0.15, 0.2) is 23.8 Å². The molecule has 2 nitrogen and oxygen atoms in total. The third-order valence-corrected chi connectivity index (χ3v) is 2.45. The van der Waals surface area contributed by atoms with Gasteiger partial charge in [0.15, 0.2) is 0 Å². The van der Waals surface area contributed by atoms with Crippen LogP contribution >= 0.6 is 0 Å². The monoisotopic (exact) mass is 175 g/mol. The van der Waals surface area contributed by atoms with Gasteiger partial charge in [0.1, 0.15) is 5.75 Å². The van der Waals surface area contributed by atoms with E-state index in [1.807, 2.05) is 13.0 Å². The number of fused-ring (bicyclic) bond motifs is 1. The van der Waals surface area contributed by atoms with Crippen LogP contribution < -0.4 is 5.73 Å². The largest absolute Gasteiger partial charge is 0.508 e. The molecule has 13 heavy (non-hydrogen) atoms. The van der Waals surface area contributed by atoms with Crippen LogP contribution in [0, 0.1) is 0 Å². The van der Waals surface area contributed by atoms with Gasteiger partial charge < -0.3 is 10.8 Å². The maximum atomic E-state index is 9.26. The molecule has 1 aliphatic rings. The van der Waals surface area contributed by atoms with Crippen molar-refractivity contribution in [2.75, 3.05) is 0 Å². The van der Waals surface area contributed by atoms with Crippen LogP contribution in [0.2, 0.25) is 0 Å². The van der Waals surface area contributed by atoms with Crippen molar-refractivity contribution in [3.8, 4) is 5.75 Å². The van der Waals surface area contributed by atoms with E-state index in [4.69, 9.17) is 5.73 Å². The molecule has 1 atom stereocenters. The van der Waals surface area contributed by atoms with Crippen LogP contribution in [-0.2, 0) is 6.42 Å². The molecule has 0 bridgehead atoms. The van der Waals surface area contributed by atoms with E-state index in [0.29, 0.717) is 5.75 Å². The van der Waals surface area contributed by atoms with Crippen molar-refractivity contribution in [2.45, 2.75) is 19.4 Å². The average Bonchev–Trinajstić information content (AvgIpc) is 2.46. The SMILES string of the molecule is CC(N)C1=Cc2cc(O)ccc2C1. The van der Waals surface area contributed by atoms with E-state index in [0.717, 1.165) is 12.0 Å². The van der Waals surface area contributed by atoms with Crippen molar-refractivity contribution in [3.05, 3.63) is 34.9 Å². The zero-order chi connectivity index (χ0) is 9.42. The normalized spacial score (nSPS) is 16.6. The van der Waals surface area contributed by atoms with E-state index >= 15 is 0 Å². The molecule has 68 valence electrons. The number of benzene rings is 1. The van der Waals surface area contributed by atoms with E-state index in [1.54, 1.807) is 12.1 Å². The van der Waals surface area contributed by atoms with Gasteiger partial charge in [-0.05, 0) is 42.2 Å². The van der Waals surface area contributed by atoms with Crippen molar-refractivity contribution in [1.82, 2.24) is 0 Å². The second-order valence-corrected chi connectivity index (χ2v) is 3.57. The van der Waals surface area contributed by atoms with Gasteiger partial charge in [-0.25, -0.2) is 0 Å². The first kappa shape index (κ1) is 8.32. The molecular weight excluding hydrogens is 162 g/mol. The number of phenolic OH excluding ortho intramolecular Hbond substituents is 1. The fourth-order valence-electron chi connectivity index (χ4n) is 1.64. The predicted molar refractivity (Wildman–Crippen MR) is 53.4 cm³/mol. The molecule has 0 heterocycles. The number of hydrogen-bond acceptors (Lipinski definition) is 2. The van der Waals surface area contributed by atoms with Gasteiger partial charge in [0.25, 0.3) is 0 Å². The van der Waals surface area contributed by atoms with Gasteiger partial charge in [-0.1, -0.05) is 12.1 Å². The standard InChI is InChI=1S/C11H13NO/c1-7(12)9-4-8-2-3-11(13)6-10(8)5-9/h2-3,5-7,13H,4,12H2,1H3. The summed E-state index contributed by atoms with van der Waals surface area (Å²) in [6, 6.07) is 5.56. The Balaban J connectivity index is 2.38. The third kappa shape index (κ3) is 1.45. The molecule has 0 aromatic heterocycles. The average molecular weight is 175 g/mol. The highest BCUT2D eigenvalue weighted by Crippen LogP contribution is 2.28. The number of phenols is 1. The lowest BCUT2D eigenvalue weighted by Crippen LogP contribution is -2.17. The third-order valence-electron chi connectivity index (χ3n) is 2.45. The second kappa shape index (κ2) is 2.89. The minimum Gasteiger partial charge on any atom is -0.508 e. The van der Waals surface area contributed by atoms with Gasteiger partial charge in [-0.2, -0.15) is 0 Å². The van der Waals surface area contributed by atoms with Crippen LogP contribution in [0.1, 0.15) is 18.1 Å². The van der Waals surface area contributed by atoms with Crippen molar-refractivity contribution < 1.29 is 5.11 Å². The first-order valence-corrected chi connectivity index (χ1v) is 4.45. The first-order valence-electron chi connectivity index (χ1n) is 4.45. The van der Waals surface area contributed by atoms with Gasteiger partial charge in [0.2, 0.25) is 0 Å². The molecule has 1 aromatic rings. The smallest absolute Gasteiger partial charge is 0.116 e. The molecule has 0 fully saturated rings. The Morgan fingerprint density at radius 1 is 1.46 bits per heavy atom. The Hall–Kier alpha value is -1.28. The summed E-state index contributed by atoms with van der Waals surface area (Å²) in [5, 5.41) is 9.26. The molecule has 0 spiro atoms. The van der Waals surface area contributed by atoms with Crippen LogP contribution in [0.3, 0.4) is 0 Å². The molecule has 0 amide bonds. The van der Waals surface area contributed by atoms with E-state index in [9.17, 15) is 5.11 Å².